The fraction of sp³-hybridized carbons (Fsp3) is 0.778. The van der Waals surface area contributed by atoms with Gasteiger partial charge in [0.05, 0.1) is 6.10 Å². The maximum atomic E-state index is 10.2. The molecule has 5 nitrogen and oxygen atoms in total. The lowest BCUT2D eigenvalue weighted by Crippen LogP contribution is -2.40. The van der Waals surface area contributed by atoms with E-state index in [4.69, 9.17) is 5.11 Å². The minimum Gasteiger partial charge on any atom is -0.393 e. The summed E-state index contributed by atoms with van der Waals surface area (Å²) in [6.07, 6.45) is 0.836. The zero-order valence-electron chi connectivity index (χ0n) is 9.03. The van der Waals surface area contributed by atoms with Gasteiger partial charge in [-0.1, -0.05) is 0 Å². The fourth-order valence-electron chi connectivity index (χ4n) is 1.11. The Morgan fingerprint density at radius 2 is 2.36 bits per heavy atom. The van der Waals surface area contributed by atoms with Gasteiger partial charge in [0.25, 0.3) is 0 Å². The average molecular weight is 201 g/mol. The number of nitrogens with zero attached hydrogens (tertiary/aromatic N) is 2. The Bertz CT molecular complexity index is 192. The Labute approximate surface area is 84.8 Å². The molecular weight excluding hydrogens is 182 g/mol. The Morgan fingerprint density at radius 1 is 1.71 bits per heavy atom. The number of carbonyl (C=O) groups is 1. The van der Waals surface area contributed by atoms with Crippen molar-refractivity contribution in [2.45, 2.75) is 26.4 Å². The SMILES string of the molecule is CCN(CCC(C)O)/C(=N/C=O)NC. The number of guanidine groups is 1. The summed E-state index contributed by atoms with van der Waals surface area (Å²) >= 11 is 0. The zero-order valence-corrected chi connectivity index (χ0v) is 9.03. The van der Waals surface area contributed by atoms with Crippen molar-refractivity contribution < 1.29 is 9.90 Å². The summed E-state index contributed by atoms with van der Waals surface area (Å²) in [5.41, 5.74) is 0. The van der Waals surface area contributed by atoms with Crippen LogP contribution in [0, 0.1) is 0 Å². The van der Waals surface area contributed by atoms with Gasteiger partial charge in [0.2, 0.25) is 12.4 Å². The number of carbonyl (C=O) groups excluding carboxylic acids is 1. The molecule has 0 heterocycles. The molecule has 0 aromatic heterocycles. The lowest BCUT2D eigenvalue weighted by Gasteiger charge is -2.24. The highest BCUT2D eigenvalue weighted by atomic mass is 16.3. The van der Waals surface area contributed by atoms with E-state index in [2.05, 4.69) is 10.3 Å². The molecule has 0 saturated carbocycles. The molecule has 82 valence electrons. The number of aliphatic hydroxyl groups excluding tert-OH is 1. The van der Waals surface area contributed by atoms with Crippen LogP contribution in [0.2, 0.25) is 0 Å². The number of aliphatic hydroxyl groups is 1. The molecule has 0 aromatic rings. The van der Waals surface area contributed by atoms with Crippen LogP contribution in [0.25, 0.3) is 0 Å². The number of hydrogen-bond acceptors (Lipinski definition) is 2. The summed E-state index contributed by atoms with van der Waals surface area (Å²) in [6, 6.07) is 0. The maximum absolute atomic E-state index is 10.2. The predicted octanol–water partition coefficient (Wildman–Crippen LogP) is -0.189. The van der Waals surface area contributed by atoms with Crippen molar-refractivity contribution in [2.24, 2.45) is 4.99 Å². The highest BCUT2D eigenvalue weighted by molar-refractivity contribution is 5.85. The molecule has 1 amide bonds. The first kappa shape index (κ1) is 12.9. The molecule has 0 aliphatic carbocycles. The highest BCUT2D eigenvalue weighted by Crippen LogP contribution is 1.96. The van der Waals surface area contributed by atoms with Crippen molar-refractivity contribution in [3.8, 4) is 0 Å². The van der Waals surface area contributed by atoms with Gasteiger partial charge in [0.15, 0.2) is 0 Å². The minimum absolute atomic E-state index is 0.335. The van der Waals surface area contributed by atoms with Gasteiger partial charge >= 0.3 is 0 Å². The zero-order chi connectivity index (χ0) is 11.0. The molecule has 1 unspecified atom stereocenters. The van der Waals surface area contributed by atoms with Crippen LogP contribution in [0.4, 0.5) is 0 Å². The van der Waals surface area contributed by atoms with Gasteiger partial charge < -0.3 is 15.3 Å². The third-order valence-corrected chi connectivity index (χ3v) is 1.90. The Balaban J connectivity index is 4.22. The number of nitrogens with one attached hydrogen (secondary N) is 1. The van der Waals surface area contributed by atoms with Crippen molar-refractivity contribution >= 4 is 12.4 Å². The minimum atomic E-state index is -0.335. The second-order valence-corrected chi connectivity index (χ2v) is 3.03. The first-order valence-corrected chi connectivity index (χ1v) is 4.77. The van der Waals surface area contributed by atoms with Gasteiger partial charge in [-0.3, -0.25) is 4.79 Å². The van der Waals surface area contributed by atoms with Gasteiger partial charge in [-0.25, -0.2) is 0 Å². The molecular formula is C9H19N3O2. The predicted molar refractivity (Wildman–Crippen MR) is 56.1 cm³/mol. The number of aliphatic imine (C=N–C) groups is 1. The van der Waals surface area contributed by atoms with E-state index in [1.165, 1.54) is 0 Å². The monoisotopic (exact) mass is 201 g/mol. The van der Waals surface area contributed by atoms with Gasteiger partial charge in [0, 0.05) is 20.1 Å². The standard InChI is InChI=1S/C9H19N3O2/c1-4-12(6-5-8(2)14)9(10-3)11-7-13/h7-8,14H,4-6H2,1-3H3,(H,10,11,13). The van der Waals surface area contributed by atoms with Crippen LogP contribution in [-0.4, -0.2) is 48.6 Å². The number of rotatable bonds is 5. The lowest BCUT2D eigenvalue weighted by atomic mass is 10.3. The molecule has 0 fully saturated rings. The van der Waals surface area contributed by atoms with Crippen LogP contribution in [0.5, 0.6) is 0 Å². The summed E-state index contributed by atoms with van der Waals surface area (Å²) in [6.45, 7) is 5.14. The molecule has 5 heteroatoms. The number of amides is 1. The second-order valence-electron chi connectivity index (χ2n) is 3.03. The van der Waals surface area contributed by atoms with Crippen LogP contribution in [0.1, 0.15) is 20.3 Å². The van der Waals surface area contributed by atoms with E-state index in [-0.39, 0.29) is 6.10 Å². The smallest absolute Gasteiger partial charge is 0.236 e. The van der Waals surface area contributed by atoms with E-state index in [1.54, 1.807) is 14.0 Å². The van der Waals surface area contributed by atoms with E-state index >= 15 is 0 Å². The molecule has 2 N–H and O–H groups in total. The first-order valence-electron chi connectivity index (χ1n) is 4.77. The van der Waals surface area contributed by atoms with Crippen LogP contribution < -0.4 is 5.32 Å². The van der Waals surface area contributed by atoms with Crippen molar-refractivity contribution in [2.75, 3.05) is 20.1 Å². The van der Waals surface area contributed by atoms with Crippen molar-refractivity contribution in [3.63, 3.8) is 0 Å². The molecule has 0 radical (unpaired) electrons. The van der Waals surface area contributed by atoms with Crippen LogP contribution in [0.15, 0.2) is 4.99 Å². The quantitative estimate of drug-likeness (QED) is 0.367. The molecule has 0 aliphatic heterocycles. The molecule has 14 heavy (non-hydrogen) atoms. The van der Waals surface area contributed by atoms with E-state index in [0.717, 1.165) is 6.54 Å². The van der Waals surface area contributed by atoms with E-state index in [0.29, 0.717) is 25.3 Å². The summed E-state index contributed by atoms with van der Waals surface area (Å²) in [7, 11) is 1.72. The largest absolute Gasteiger partial charge is 0.393 e. The molecule has 0 spiro atoms. The molecule has 0 rings (SSSR count). The third kappa shape index (κ3) is 4.81. The van der Waals surface area contributed by atoms with Gasteiger partial charge in [0.1, 0.15) is 0 Å². The highest BCUT2D eigenvalue weighted by Gasteiger charge is 2.08. The maximum Gasteiger partial charge on any atom is 0.236 e. The molecule has 0 aliphatic rings. The third-order valence-electron chi connectivity index (χ3n) is 1.90. The van der Waals surface area contributed by atoms with E-state index in [9.17, 15) is 4.79 Å². The van der Waals surface area contributed by atoms with Crippen LogP contribution in [-0.2, 0) is 4.79 Å². The van der Waals surface area contributed by atoms with Gasteiger partial charge in [-0.2, -0.15) is 4.99 Å². The first-order chi connectivity index (χ1) is 6.65. The summed E-state index contributed by atoms with van der Waals surface area (Å²) in [4.78, 5) is 15.8. The van der Waals surface area contributed by atoms with E-state index < -0.39 is 0 Å². The Kier molecular flexibility index (Phi) is 6.74. The fourth-order valence-corrected chi connectivity index (χ4v) is 1.11. The Hall–Kier alpha value is -1.10. The summed E-state index contributed by atoms with van der Waals surface area (Å²) in [5.74, 6) is 0.545. The molecule has 1 atom stereocenters. The molecule has 0 saturated heterocycles. The van der Waals surface area contributed by atoms with Crippen LogP contribution >= 0.6 is 0 Å². The van der Waals surface area contributed by atoms with Gasteiger partial charge in [-0.15, -0.1) is 0 Å². The van der Waals surface area contributed by atoms with Crippen molar-refractivity contribution in [3.05, 3.63) is 0 Å². The van der Waals surface area contributed by atoms with Crippen molar-refractivity contribution in [1.29, 1.82) is 0 Å². The van der Waals surface area contributed by atoms with Crippen molar-refractivity contribution in [1.82, 2.24) is 10.2 Å². The summed E-state index contributed by atoms with van der Waals surface area (Å²) in [5, 5.41) is 12.0. The normalized spacial score (nSPS) is 13.6. The molecule has 0 bridgehead atoms. The average Bonchev–Trinajstić information content (AvgIpc) is 2.16. The topological polar surface area (TPSA) is 64.9 Å². The summed E-state index contributed by atoms with van der Waals surface area (Å²) < 4.78 is 0. The number of hydrogen-bond donors (Lipinski definition) is 2. The van der Waals surface area contributed by atoms with Crippen LogP contribution in [0.3, 0.4) is 0 Å². The molecule has 0 aromatic carbocycles. The lowest BCUT2D eigenvalue weighted by molar-refractivity contribution is -0.106. The van der Waals surface area contributed by atoms with E-state index in [1.807, 2.05) is 11.8 Å². The Morgan fingerprint density at radius 3 is 2.71 bits per heavy atom. The second kappa shape index (κ2) is 7.32. The van der Waals surface area contributed by atoms with Gasteiger partial charge in [-0.05, 0) is 20.3 Å².